The van der Waals surface area contributed by atoms with Crippen molar-refractivity contribution in [2.75, 3.05) is 5.75 Å². The molecule has 3 heteroatoms. The van der Waals surface area contributed by atoms with Crippen LogP contribution in [0, 0.1) is 0 Å². The molecule has 1 nitrogen and oxygen atoms in total. The maximum absolute atomic E-state index is 7.79. The van der Waals surface area contributed by atoms with Crippen LogP contribution in [0.2, 0.25) is 0 Å². The molecular weight excluding hydrogens is 95.1 g/mol. The molecule has 0 aliphatic heterocycles. The van der Waals surface area contributed by atoms with Crippen LogP contribution in [0.5, 0.6) is 0 Å². The molecule has 0 saturated carbocycles. The van der Waals surface area contributed by atoms with Gasteiger partial charge >= 0.3 is 29.6 Å². The fourth-order valence-corrected chi connectivity index (χ4v) is 0. The quantitative estimate of drug-likeness (QED) is 0.385. The first kappa shape index (κ1) is 9.58. The molecule has 0 unspecified atom stereocenters. The van der Waals surface area contributed by atoms with Gasteiger partial charge in [-0.3, -0.25) is 0 Å². The van der Waals surface area contributed by atoms with Crippen molar-refractivity contribution < 1.29 is 4.55 Å². The van der Waals surface area contributed by atoms with Crippen molar-refractivity contribution in [3.8, 4) is 0 Å². The molecule has 0 aromatic rings. The molecule has 1 N–H and O–H groups in total. The van der Waals surface area contributed by atoms with Gasteiger partial charge in [-0.25, -0.2) is 0 Å². The Labute approximate surface area is 58.6 Å². The van der Waals surface area contributed by atoms with E-state index in [4.69, 9.17) is 4.55 Å². The molecule has 0 radical (unpaired) electrons. The van der Waals surface area contributed by atoms with Gasteiger partial charge in [0.25, 0.3) is 0 Å². The summed E-state index contributed by atoms with van der Waals surface area (Å²) in [4.78, 5) is 0. The fourth-order valence-electron chi connectivity index (χ4n) is 0. The Balaban J connectivity index is 0. The van der Waals surface area contributed by atoms with Crippen LogP contribution in [0.25, 0.3) is 0 Å². The summed E-state index contributed by atoms with van der Waals surface area (Å²) in [6, 6.07) is 0. The summed E-state index contributed by atoms with van der Waals surface area (Å²) in [6.45, 7) is 1.89. The molecule has 0 aromatic heterocycles. The molecule has 0 aliphatic carbocycles. The van der Waals surface area contributed by atoms with E-state index in [1.807, 2.05) is 6.92 Å². The zero-order valence-electron chi connectivity index (χ0n) is 2.56. The second-order valence-electron chi connectivity index (χ2n) is 0.418. The first-order valence-electron chi connectivity index (χ1n) is 1.18. The van der Waals surface area contributed by atoms with Crippen molar-refractivity contribution in [1.82, 2.24) is 0 Å². The van der Waals surface area contributed by atoms with E-state index in [9.17, 15) is 0 Å². The minimum absolute atomic E-state index is 0. The van der Waals surface area contributed by atoms with E-state index in [1.165, 1.54) is 0 Å². The Bertz CT molecular complexity index is 11.6. The normalized spacial score (nSPS) is 6.00. The molecule has 28 valence electrons. The third-order valence-corrected chi connectivity index (χ3v) is 0.387. The molecule has 0 aromatic carbocycles. The fraction of sp³-hybridized carbons (Fsp3) is 1.00. The Morgan fingerprint density at radius 1 is 1.80 bits per heavy atom. The van der Waals surface area contributed by atoms with Crippen molar-refractivity contribution in [1.29, 1.82) is 0 Å². The monoisotopic (exact) mass is 102 g/mol. The van der Waals surface area contributed by atoms with Crippen LogP contribution in [0.4, 0.5) is 0 Å². The van der Waals surface area contributed by atoms with Crippen LogP contribution in [0.15, 0.2) is 0 Å². The first-order chi connectivity index (χ1) is 1.91. The third-order valence-electron chi connectivity index (χ3n) is 0.129. The van der Waals surface area contributed by atoms with Crippen LogP contribution >= 0.6 is 12.0 Å². The molecule has 0 saturated heterocycles. The average Bonchev–Trinajstić information content (AvgIpc) is 1.37. The molecule has 5 heavy (non-hydrogen) atoms. The van der Waals surface area contributed by atoms with Gasteiger partial charge in [-0.1, -0.05) is 6.92 Å². The van der Waals surface area contributed by atoms with Crippen molar-refractivity contribution in [3.63, 3.8) is 0 Å². The van der Waals surface area contributed by atoms with Crippen LogP contribution in [-0.2, 0) is 0 Å². The number of rotatable bonds is 1. The Kier molecular flexibility index (Phi) is 17.2. The molecule has 0 spiro atoms. The van der Waals surface area contributed by atoms with E-state index < -0.39 is 0 Å². The Hall–Kier alpha value is 1.31. The molecule has 0 fully saturated rings. The van der Waals surface area contributed by atoms with Gasteiger partial charge in [0.05, 0.1) is 0 Å². The summed E-state index contributed by atoms with van der Waals surface area (Å²) in [5.41, 5.74) is 0. The first-order valence-corrected chi connectivity index (χ1v) is 2.12. The van der Waals surface area contributed by atoms with Crippen molar-refractivity contribution in [2.45, 2.75) is 6.92 Å². The zero-order valence-corrected chi connectivity index (χ0v) is 3.38. The second-order valence-corrected chi connectivity index (χ2v) is 1.25. The van der Waals surface area contributed by atoms with Gasteiger partial charge in [0.1, 0.15) is 0 Å². The summed E-state index contributed by atoms with van der Waals surface area (Å²) in [5, 5.41) is 0. The summed E-state index contributed by atoms with van der Waals surface area (Å²) < 4.78 is 7.79. The van der Waals surface area contributed by atoms with Gasteiger partial charge in [-0.15, -0.1) is 0 Å². The molecule has 0 amide bonds. The van der Waals surface area contributed by atoms with E-state index >= 15 is 0 Å². The van der Waals surface area contributed by atoms with E-state index in [0.717, 1.165) is 17.8 Å². The predicted molar refractivity (Wildman–Crippen MR) is 27.9 cm³/mol. The van der Waals surface area contributed by atoms with E-state index in [0.29, 0.717) is 0 Å². The summed E-state index contributed by atoms with van der Waals surface area (Å²) >= 11 is 0.856. The summed E-state index contributed by atoms with van der Waals surface area (Å²) in [5.74, 6) is 0.792. The number of hydrogen-bond donors (Lipinski definition) is 1. The molecule has 0 bridgehead atoms. The van der Waals surface area contributed by atoms with E-state index in [-0.39, 0.29) is 29.6 Å². The average molecular weight is 102 g/mol. The Morgan fingerprint density at radius 2 is 2.00 bits per heavy atom. The van der Waals surface area contributed by atoms with Crippen molar-refractivity contribution in [2.24, 2.45) is 0 Å². The standard InChI is InChI=1S/C2H6OS.Na.H/c1-2-4-3;;/h3H,2H2,1H3;;. The SMILES string of the molecule is CCSO.[NaH]. The third kappa shape index (κ3) is 10.9. The van der Waals surface area contributed by atoms with Crippen LogP contribution in [0.1, 0.15) is 6.92 Å². The maximum atomic E-state index is 7.79. The second kappa shape index (κ2) is 9.00. The van der Waals surface area contributed by atoms with Gasteiger partial charge in [-0.2, -0.15) is 0 Å². The van der Waals surface area contributed by atoms with Gasteiger partial charge in [0, 0.05) is 5.75 Å². The summed E-state index contributed by atoms with van der Waals surface area (Å²) in [6.07, 6.45) is 0. The van der Waals surface area contributed by atoms with Crippen molar-refractivity contribution in [3.05, 3.63) is 0 Å². The van der Waals surface area contributed by atoms with Gasteiger partial charge in [0.2, 0.25) is 0 Å². The van der Waals surface area contributed by atoms with Crippen LogP contribution in [0.3, 0.4) is 0 Å². The minimum atomic E-state index is 0. The van der Waals surface area contributed by atoms with Gasteiger partial charge in [0.15, 0.2) is 0 Å². The van der Waals surface area contributed by atoms with Crippen LogP contribution < -0.4 is 0 Å². The Morgan fingerprint density at radius 3 is 2.00 bits per heavy atom. The van der Waals surface area contributed by atoms with E-state index in [1.54, 1.807) is 0 Å². The summed E-state index contributed by atoms with van der Waals surface area (Å²) in [7, 11) is 0. The molecular formula is C2H7NaOS. The zero-order chi connectivity index (χ0) is 3.41. The number of hydrogen-bond acceptors (Lipinski definition) is 2. The molecule has 0 heterocycles. The van der Waals surface area contributed by atoms with E-state index in [2.05, 4.69) is 0 Å². The topological polar surface area (TPSA) is 20.2 Å². The molecule has 0 aliphatic rings. The molecule has 0 rings (SSSR count). The predicted octanol–water partition coefficient (Wildman–Crippen LogP) is 0.564. The molecule has 0 atom stereocenters. The van der Waals surface area contributed by atoms with Gasteiger partial charge in [-0.05, 0) is 12.0 Å². The van der Waals surface area contributed by atoms with Crippen LogP contribution in [-0.4, -0.2) is 39.9 Å². The van der Waals surface area contributed by atoms with Crippen molar-refractivity contribution >= 4 is 41.6 Å². The van der Waals surface area contributed by atoms with Gasteiger partial charge < -0.3 is 4.55 Å².